The lowest BCUT2D eigenvalue weighted by molar-refractivity contribution is -0.139. The third-order valence-electron chi connectivity index (χ3n) is 2.05. The molecule has 0 aliphatic rings. The van der Waals surface area contributed by atoms with Gasteiger partial charge < -0.3 is 11.1 Å². The predicted octanol–water partition coefficient (Wildman–Crippen LogP) is 2.29. The number of nitrogens with zero attached hydrogens (tertiary/aromatic N) is 2. The van der Waals surface area contributed by atoms with Gasteiger partial charge >= 0.3 is 6.18 Å². The third-order valence-corrected chi connectivity index (χ3v) is 2.05. The average molecular weight is 261 g/mol. The summed E-state index contributed by atoms with van der Waals surface area (Å²) in [6.45, 7) is 0. The number of anilines is 3. The van der Waals surface area contributed by atoms with Gasteiger partial charge in [-0.05, 0) is 12.1 Å². The van der Waals surface area contributed by atoms with E-state index in [0.29, 0.717) is 6.07 Å². The summed E-state index contributed by atoms with van der Waals surface area (Å²) in [4.78, 5) is 3.59. The highest BCUT2D eigenvalue weighted by molar-refractivity contribution is 5.56. The van der Waals surface area contributed by atoms with Crippen molar-refractivity contribution in [2.75, 3.05) is 11.1 Å². The number of hydrogen-bond donors (Lipinski definition) is 3. The maximum Gasteiger partial charge on any atom is 0.419 e. The number of aromatic nitrogens is 3. The van der Waals surface area contributed by atoms with Crippen LogP contribution in [0.4, 0.5) is 35.1 Å². The zero-order chi connectivity index (χ0) is 13.3. The highest BCUT2D eigenvalue weighted by atomic mass is 19.4. The van der Waals surface area contributed by atoms with Gasteiger partial charge in [0.25, 0.3) is 0 Å². The van der Waals surface area contributed by atoms with Crippen LogP contribution in [-0.2, 0) is 6.18 Å². The lowest BCUT2D eigenvalue weighted by atomic mass is 10.2. The molecule has 9 heteroatoms. The van der Waals surface area contributed by atoms with Gasteiger partial charge in [-0.25, -0.2) is 9.49 Å². The normalized spacial score (nSPS) is 11.6. The standard InChI is InChI=1S/C9H7F4N5/c10-6-4(9(11,12)13)2-1-3-5(6)15-8-16-7(14)17-18-8/h1-3H,(H4,14,15,16,17,18). The van der Waals surface area contributed by atoms with Crippen LogP contribution in [0.25, 0.3) is 0 Å². The van der Waals surface area contributed by atoms with Gasteiger partial charge in [0.05, 0.1) is 11.3 Å². The van der Waals surface area contributed by atoms with Crippen LogP contribution < -0.4 is 11.1 Å². The Bertz CT molecular complexity index is 562. The minimum absolute atomic E-state index is 0.0371. The molecule has 0 unspecified atom stereocenters. The van der Waals surface area contributed by atoms with Crippen molar-refractivity contribution in [2.24, 2.45) is 0 Å². The van der Waals surface area contributed by atoms with Gasteiger partial charge in [0.1, 0.15) is 0 Å². The van der Waals surface area contributed by atoms with Crippen LogP contribution in [-0.4, -0.2) is 15.2 Å². The van der Waals surface area contributed by atoms with E-state index in [-0.39, 0.29) is 17.6 Å². The van der Waals surface area contributed by atoms with Crippen molar-refractivity contribution in [3.05, 3.63) is 29.6 Å². The van der Waals surface area contributed by atoms with Crippen LogP contribution in [0.3, 0.4) is 0 Å². The molecule has 0 saturated carbocycles. The number of nitrogen functional groups attached to an aromatic ring is 1. The maximum absolute atomic E-state index is 13.6. The second kappa shape index (κ2) is 4.17. The average Bonchev–Trinajstić information content (AvgIpc) is 2.65. The van der Waals surface area contributed by atoms with E-state index in [4.69, 9.17) is 5.73 Å². The molecule has 0 saturated heterocycles. The summed E-state index contributed by atoms with van der Waals surface area (Å²) in [5, 5.41) is 8.08. The predicted molar refractivity (Wildman–Crippen MR) is 55.5 cm³/mol. The molecule has 1 heterocycles. The number of rotatable bonds is 2. The van der Waals surface area contributed by atoms with E-state index in [9.17, 15) is 17.6 Å². The molecule has 18 heavy (non-hydrogen) atoms. The zero-order valence-electron chi connectivity index (χ0n) is 8.72. The lowest BCUT2D eigenvalue weighted by Crippen LogP contribution is -2.09. The van der Waals surface area contributed by atoms with Crippen LogP contribution >= 0.6 is 0 Å². The molecule has 0 radical (unpaired) electrons. The fourth-order valence-electron chi connectivity index (χ4n) is 1.30. The molecule has 1 aromatic carbocycles. The molecule has 2 rings (SSSR count). The van der Waals surface area contributed by atoms with Gasteiger partial charge in [-0.2, -0.15) is 18.2 Å². The summed E-state index contributed by atoms with van der Waals surface area (Å²) in [6, 6.07) is 2.86. The number of halogens is 4. The van der Waals surface area contributed by atoms with Crippen LogP contribution in [0.2, 0.25) is 0 Å². The van der Waals surface area contributed by atoms with Gasteiger partial charge in [0.2, 0.25) is 11.9 Å². The highest BCUT2D eigenvalue weighted by Gasteiger charge is 2.34. The second-order valence-corrected chi connectivity index (χ2v) is 3.33. The topological polar surface area (TPSA) is 79.6 Å². The van der Waals surface area contributed by atoms with E-state index in [1.165, 1.54) is 0 Å². The Morgan fingerprint density at radius 3 is 2.56 bits per heavy atom. The van der Waals surface area contributed by atoms with Gasteiger partial charge in [-0.1, -0.05) is 6.07 Å². The molecular weight excluding hydrogens is 254 g/mol. The van der Waals surface area contributed by atoms with E-state index < -0.39 is 17.6 Å². The second-order valence-electron chi connectivity index (χ2n) is 3.33. The third kappa shape index (κ3) is 2.34. The molecule has 2 aromatic rings. The summed E-state index contributed by atoms with van der Waals surface area (Å²) >= 11 is 0. The smallest absolute Gasteiger partial charge is 0.368 e. The first-order chi connectivity index (χ1) is 8.38. The number of hydrogen-bond acceptors (Lipinski definition) is 4. The van der Waals surface area contributed by atoms with Gasteiger partial charge in [0, 0.05) is 0 Å². The van der Waals surface area contributed by atoms with Crippen molar-refractivity contribution in [1.82, 2.24) is 15.2 Å². The fourth-order valence-corrected chi connectivity index (χ4v) is 1.30. The first-order valence-electron chi connectivity index (χ1n) is 4.68. The Kier molecular flexibility index (Phi) is 2.81. The zero-order valence-corrected chi connectivity index (χ0v) is 8.72. The Hall–Kier alpha value is -2.32. The molecule has 5 nitrogen and oxygen atoms in total. The maximum atomic E-state index is 13.6. The first-order valence-corrected chi connectivity index (χ1v) is 4.68. The van der Waals surface area contributed by atoms with Crippen molar-refractivity contribution in [1.29, 1.82) is 0 Å². The summed E-state index contributed by atoms with van der Waals surface area (Å²) in [7, 11) is 0. The molecular formula is C9H7F4N5. The molecule has 0 fully saturated rings. The molecule has 0 aliphatic heterocycles. The Morgan fingerprint density at radius 1 is 1.28 bits per heavy atom. The lowest BCUT2D eigenvalue weighted by Gasteiger charge is -2.10. The summed E-state index contributed by atoms with van der Waals surface area (Å²) in [5.74, 6) is -1.58. The van der Waals surface area contributed by atoms with Crippen LogP contribution in [0.15, 0.2) is 18.2 Å². The number of benzene rings is 1. The van der Waals surface area contributed by atoms with Crippen molar-refractivity contribution in [3.63, 3.8) is 0 Å². The summed E-state index contributed by atoms with van der Waals surface area (Å²) < 4.78 is 50.9. The van der Waals surface area contributed by atoms with Crippen LogP contribution in [0, 0.1) is 5.82 Å². The van der Waals surface area contributed by atoms with Crippen molar-refractivity contribution < 1.29 is 17.6 Å². The molecule has 0 aliphatic carbocycles. The Balaban J connectivity index is 2.35. The number of H-pyrrole nitrogens is 1. The molecule has 0 bridgehead atoms. The minimum atomic E-state index is -4.76. The Morgan fingerprint density at radius 2 is 2.00 bits per heavy atom. The monoisotopic (exact) mass is 261 g/mol. The van der Waals surface area contributed by atoms with E-state index >= 15 is 0 Å². The summed E-state index contributed by atoms with van der Waals surface area (Å²) in [6.07, 6.45) is -4.76. The van der Waals surface area contributed by atoms with Crippen LogP contribution in [0.1, 0.15) is 5.56 Å². The SMILES string of the molecule is Nc1nc(Nc2cccc(C(F)(F)F)c2F)n[nH]1. The van der Waals surface area contributed by atoms with Gasteiger partial charge in [0.15, 0.2) is 5.82 Å². The summed E-state index contributed by atoms with van der Waals surface area (Å²) in [5.41, 5.74) is 3.48. The molecule has 4 N–H and O–H groups in total. The number of aromatic amines is 1. The van der Waals surface area contributed by atoms with Gasteiger partial charge in [-0.15, -0.1) is 5.10 Å². The van der Waals surface area contributed by atoms with E-state index in [2.05, 4.69) is 20.5 Å². The van der Waals surface area contributed by atoms with E-state index in [1.807, 2.05) is 0 Å². The molecule has 0 spiro atoms. The minimum Gasteiger partial charge on any atom is -0.368 e. The number of alkyl halides is 3. The van der Waals surface area contributed by atoms with Crippen molar-refractivity contribution >= 4 is 17.6 Å². The Labute approximate surface area is 98.0 Å². The molecule has 96 valence electrons. The molecule has 0 amide bonds. The van der Waals surface area contributed by atoms with Crippen molar-refractivity contribution in [2.45, 2.75) is 6.18 Å². The first kappa shape index (κ1) is 12.1. The van der Waals surface area contributed by atoms with E-state index in [0.717, 1.165) is 12.1 Å². The largest absolute Gasteiger partial charge is 0.419 e. The van der Waals surface area contributed by atoms with Crippen molar-refractivity contribution in [3.8, 4) is 0 Å². The van der Waals surface area contributed by atoms with E-state index in [1.54, 1.807) is 0 Å². The van der Waals surface area contributed by atoms with Gasteiger partial charge in [-0.3, -0.25) is 0 Å². The number of nitrogens with two attached hydrogens (primary N) is 1. The fraction of sp³-hybridized carbons (Fsp3) is 0.111. The molecule has 0 atom stereocenters. The number of nitrogens with one attached hydrogen (secondary N) is 2. The van der Waals surface area contributed by atoms with Crippen LogP contribution in [0.5, 0.6) is 0 Å². The highest BCUT2D eigenvalue weighted by Crippen LogP contribution is 2.34. The molecule has 1 aromatic heterocycles. The quantitative estimate of drug-likeness (QED) is 0.724.